The topological polar surface area (TPSA) is 71.3 Å². The molecule has 34 heavy (non-hydrogen) atoms. The molecule has 0 spiro atoms. The monoisotopic (exact) mass is 646 g/mol. The van der Waals surface area contributed by atoms with Crippen LogP contribution in [-0.2, 0) is 11.4 Å². The number of nitriles is 1. The van der Waals surface area contributed by atoms with Crippen molar-refractivity contribution in [2.45, 2.75) is 6.61 Å². The molecule has 0 saturated heterocycles. The van der Waals surface area contributed by atoms with Gasteiger partial charge in [-0.1, -0.05) is 52.5 Å². The van der Waals surface area contributed by atoms with Crippen LogP contribution in [0.2, 0.25) is 20.1 Å². The van der Waals surface area contributed by atoms with E-state index < -0.39 is 5.91 Å². The standard InChI is InChI=1S/C24H15Cl4IN2O3/c1-33-22-8-13(6-15(11-30)24(32)31-17-4-5-18(26)20(28)10-17)7-21(29)23(22)34-12-14-2-3-16(25)9-19(14)27/h2-10H,12H2,1H3,(H,31,32)/b15-6+. The number of methoxy groups -OCH3 is 1. The molecule has 1 N–H and O–H groups in total. The van der Waals surface area contributed by atoms with Gasteiger partial charge in [-0.3, -0.25) is 4.79 Å². The van der Waals surface area contributed by atoms with Crippen LogP contribution >= 0.6 is 69.0 Å². The Balaban J connectivity index is 1.83. The summed E-state index contributed by atoms with van der Waals surface area (Å²) in [4.78, 5) is 12.6. The highest BCUT2D eigenvalue weighted by atomic mass is 127. The van der Waals surface area contributed by atoms with E-state index >= 15 is 0 Å². The summed E-state index contributed by atoms with van der Waals surface area (Å²) >= 11 is 26.1. The molecule has 0 aromatic heterocycles. The molecule has 0 unspecified atom stereocenters. The van der Waals surface area contributed by atoms with Crippen LogP contribution in [0.1, 0.15) is 11.1 Å². The van der Waals surface area contributed by atoms with Gasteiger partial charge >= 0.3 is 0 Å². The summed E-state index contributed by atoms with van der Waals surface area (Å²) < 4.78 is 12.1. The molecule has 0 radical (unpaired) electrons. The number of rotatable bonds is 7. The SMILES string of the molecule is COc1cc(/C=C(\C#N)C(=O)Nc2ccc(Cl)c(Cl)c2)cc(I)c1OCc1ccc(Cl)cc1Cl. The molecule has 3 aromatic carbocycles. The van der Waals surface area contributed by atoms with Crippen molar-refractivity contribution in [3.05, 3.63) is 88.9 Å². The Labute approximate surface area is 230 Å². The lowest BCUT2D eigenvalue weighted by atomic mass is 10.1. The van der Waals surface area contributed by atoms with Crippen molar-refractivity contribution < 1.29 is 14.3 Å². The van der Waals surface area contributed by atoms with Crippen LogP contribution in [-0.4, -0.2) is 13.0 Å². The molecule has 0 heterocycles. The highest BCUT2D eigenvalue weighted by molar-refractivity contribution is 14.1. The first-order valence-corrected chi connectivity index (χ1v) is 12.1. The second kappa shape index (κ2) is 12.0. The first-order valence-electron chi connectivity index (χ1n) is 9.54. The molecule has 3 aromatic rings. The van der Waals surface area contributed by atoms with Crippen molar-refractivity contribution in [1.29, 1.82) is 5.26 Å². The summed E-state index contributed by atoms with van der Waals surface area (Å²) in [6.07, 6.45) is 1.46. The van der Waals surface area contributed by atoms with Gasteiger partial charge in [-0.05, 0) is 76.7 Å². The molecule has 0 aliphatic carbocycles. The highest BCUT2D eigenvalue weighted by Crippen LogP contribution is 2.36. The predicted molar refractivity (Wildman–Crippen MR) is 145 cm³/mol. The zero-order chi connectivity index (χ0) is 24.8. The smallest absolute Gasteiger partial charge is 0.266 e. The third-order valence-electron chi connectivity index (χ3n) is 4.49. The zero-order valence-electron chi connectivity index (χ0n) is 17.5. The minimum Gasteiger partial charge on any atom is -0.493 e. The van der Waals surface area contributed by atoms with E-state index in [1.54, 1.807) is 42.5 Å². The van der Waals surface area contributed by atoms with E-state index in [0.717, 1.165) is 9.13 Å². The van der Waals surface area contributed by atoms with Gasteiger partial charge in [-0.25, -0.2) is 0 Å². The van der Waals surface area contributed by atoms with Crippen LogP contribution in [0.3, 0.4) is 0 Å². The van der Waals surface area contributed by atoms with Crippen LogP contribution in [0.25, 0.3) is 6.08 Å². The van der Waals surface area contributed by atoms with Crippen LogP contribution in [0, 0.1) is 14.9 Å². The fourth-order valence-electron chi connectivity index (χ4n) is 2.84. The molecule has 174 valence electrons. The molecule has 0 fully saturated rings. The Morgan fingerprint density at radius 3 is 2.47 bits per heavy atom. The number of carbonyl (C=O) groups excluding carboxylic acids is 1. The lowest BCUT2D eigenvalue weighted by molar-refractivity contribution is -0.112. The molecule has 5 nitrogen and oxygen atoms in total. The third-order valence-corrected chi connectivity index (χ3v) is 6.62. The Bertz CT molecular complexity index is 1320. The van der Waals surface area contributed by atoms with Crippen LogP contribution < -0.4 is 14.8 Å². The van der Waals surface area contributed by atoms with Gasteiger partial charge in [0, 0.05) is 21.3 Å². The summed E-state index contributed by atoms with van der Waals surface area (Å²) in [6, 6.07) is 15.2. The average molecular weight is 648 g/mol. The maximum absolute atomic E-state index is 12.6. The summed E-state index contributed by atoms with van der Waals surface area (Å²) in [5, 5.41) is 13.8. The largest absolute Gasteiger partial charge is 0.493 e. The Morgan fingerprint density at radius 2 is 1.82 bits per heavy atom. The molecular formula is C24H15Cl4IN2O3. The quantitative estimate of drug-likeness (QED) is 0.160. The normalized spacial score (nSPS) is 11.0. The van der Waals surface area contributed by atoms with Crippen molar-refractivity contribution in [2.24, 2.45) is 0 Å². The summed E-state index contributed by atoms with van der Waals surface area (Å²) in [7, 11) is 1.50. The lowest BCUT2D eigenvalue weighted by Gasteiger charge is -2.14. The van der Waals surface area contributed by atoms with Crippen molar-refractivity contribution in [2.75, 3.05) is 12.4 Å². The Hall–Kier alpha value is -2.15. The number of anilines is 1. The molecule has 0 saturated carbocycles. The van der Waals surface area contributed by atoms with E-state index in [1.807, 2.05) is 6.07 Å². The molecule has 1 amide bonds. The van der Waals surface area contributed by atoms with E-state index in [9.17, 15) is 10.1 Å². The first-order chi connectivity index (χ1) is 16.2. The second-order valence-corrected chi connectivity index (χ2v) is 9.63. The number of ether oxygens (including phenoxy) is 2. The van der Waals surface area contributed by atoms with Crippen LogP contribution in [0.15, 0.2) is 54.1 Å². The van der Waals surface area contributed by atoms with Crippen LogP contribution in [0.4, 0.5) is 5.69 Å². The van der Waals surface area contributed by atoms with E-state index in [1.165, 1.54) is 19.3 Å². The predicted octanol–water partition coefficient (Wildman–Crippen LogP) is 8.04. The first kappa shape index (κ1) is 26.5. The molecule has 0 bridgehead atoms. The number of benzene rings is 3. The minimum atomic E-state index is -0.590. The summed E-state index contributed by atoms with van der Waals surface area (Å²) in [6.45, 7) is 0.201. The number of hydrogen-bond donors (Lipinski definition) is 1. The Morgan fingerprint density at radius 1 is 1.06 bits per heavy atom. The lowest BCUT2D eigenvalue weighted by Crippen LogP contribution is -2.13. The molecule has 0 aliphatic rings. The minimum absolute atomic E-state index is 0.106. The van der Waals surface area contributed by atoms with E-state index in [-0.39, 0.29) is 17.2 Å². The van der Waals surface area contributed by atoms with Crippen molar-refractivity contribution >= 4 is 86.7 Å². The van der Waals surface area contributed by atoms with E-state index in [4.69, 9.17) is 55.9 Å². The summed E-state index contributed by atoms with van der Waals surface area (Å²) in [5.74, 6) is 0.350. The molecule has 0 aliphatic heterocycles. The summed E-state index contributed by atoms with van der Waals surface area (Å²) in [5.41, 5.74) is 1.65. The van der Waals surface area contributed by atoms with Gasteiger partial charge < -0.3 is 14.8 Å². The van der Waals surface area contributed by atoms with Gasteiger partial charge in [0.2, 0.25) is 0 Å². The molecule has 3 rings (SSSR count). The van der Waals surface area contributed by atoms with Gasteiger partial charge in [-0.2, -0.15) is 5.26 Å². The van der Waals surface area contributed by atoms with E-state index in [2.05, 4.69) is 27.9 Å². The highest BCUT2D eigenvalue weighted by Gasteiger charge is 2.15. The number of halogens is 5. The number of hydrogen-bond acceptors (Lipinski definition) is 4. The third kappa shape index (κ3) is 6.71. The van der Waals surface area contributed by atoms with Gasteiger partial charge in [0.05, 0.1) is 20.7 Å². The van der Waals surface area contributed by atoms with Crippen molar-refractivity contribution in [3.63, 3.8) is 0 Å². The molecular weight excluding hydrogens is 633 g/mol. The number of amides is 1. The zero-order valence-corrected chi connectivity index (χ0v) is 22.6. The fourth-order valence-corrected chi connectivity index (χ4v) is 4.38. The van der Waals surface area contributed by atoms with Gasteiger partial charge in [0.15, 0.2) is 11.5 Å². The van der Waals surface area contributed by atoms with E-state index in [0.29, 0.717) is 37.8 Å². The van der Waals surface area contributed by atoms with Gasteiger partial charge in [0.25, 0.3) is 5.91 Å². The van der Waals surface area contributed by atoms with Gasteiger partial charge in [-0.15, -0.1) is 0 Å². The fraction of sp³-hybridized carbons (Fsp3) is 0.0833. The number of nitrogens with one attached hydrogen (secondary N) is 1. The molecule has 0 atom stereocenters. The average Bonchev–Trinajstić information content (AvgIpc) is 2.79. The second-order valence-electron chi connectivity index (χ2n) is 6.81. The van der Waals surface area contributed by atoms with Crippen molar-refractivity contribution in [3.8, 4) is 17.6 Å². The number of nitrogens with zero attached hydrogens (tertiary/aromatic N) is 1. The Kier molecular flexibility index (Phi) is 9.34. The molecule has 10 heteroatoms. The maximum Gasteiger partial charge on any atom is 0.266 e. The van der Waals surface area contributed by atoms with Crippen molar-refractivity contribution in [1.82, 2.24) is 0 Å². The maximum atomic E-state index is 12.6. The van der Waals surface area contributed by atoms with Crippen LogP contribution in [0.5, 0.6) is 11.5 Å². The number of carbonyl (C=O) groups is 1. The van der Waals surface area contributed by atoms with Gasteiger partial charge in [0.1, 0.15) is 18.2 Å².